The van der Waals surface area contributed by atoms with Gasteiger partial charge in [0.25, 0.3) is 0 Å². The van der Waals surface area contributed by atoms with E-state index in [4.69, 9.17) is 20.0 Å². The molecule has 0 unspecified atom stereocenters. The summed E-state index contributed by atoms with van der Waals surface area (Å²) in [5.41, 5.74) is 14.0. The lowest BCUT2D eigenvalue weighted by Crippen LogP contribution is -1.90. The van der Waals surface area contributed by atoms with Crippen LogP contribution in [-0.4, -0.2) is 44.8 Å². The second-order valence-electron chi connectivity index (χ2n) is 12.9. The molecule has 8 heteroatoms. The first-order valence-electron chi connectivity index (χ1n) is 17.6. The highest BCUT2D eigenvalue weighted by molar-refractivity contribution is 5.86. The average molecular weight is 703 g/mol. The third-order valence-electron chi connectivity index (χ3n) is 8.38. The fourth-order valence-corrected chi connectivity index (χ4v) is 5.78. The molecule has 262 valence electrons. The fraction of sp³-hybridized carbons (Fsp3) is 0.0870. The zero-order valence-corrected chi connectivity index (χ0v) is 30.6. The van der Waals surface area contributed by atoms with Gasteiger partial charge in [-0.2, -0.15) is 0 Å². The van der Waals surface area contributed by atoms with Crippen molar-refractivity contribution in [2.75, 3.05) is 0 Å². The highest BCUT2D eigenvalue weighted by Crippen LogP contribution is 2.34. The van der Waals surface area contributed by atoms with E-state index in [2.05, 4.69) is 68.5 Å². The zero-order chi connectivity index (χ0) is 37.3. The van der Waals surface area contributed by atoms with Crippen LogP contribution in [0, 0.1) is 27.7 Å². The summed E-state index contributed by atoms with van der Waals surface area (Å²) in [7, 11) is 0. The molecule has 54 heavy (non-hydrogen) atoms. The van der Waals surface area contributed by atoms with Crippen molar-refractivity contribution < 1.29 is 0 Å². The van der Waals surface area contributed by atoms with Gasteiger partial charge in [-0.3, -0.25) is 39.9 Å². The minimum Gasteiger partial charge on any atom is -0.255 e. The summed E-state index contributed by atoms with van der Waals surface area (Å²) in [6.07, 6.45) is 7.13. The second kappa shape index (κ2) is 16.5. The standard InChI is InChI=1S/C46H38N8/c1-31-9-5-13-39(51-31)27-47-43-21-37(22-44(25-43)48-28-40-14-6-10-32(2)52-40)35-17-19-36(20-18-35)38-23-45(49-29-41-15-7-11-33(3)53-41)26-46(24-38)50-30-42-16-8-12-34(4)54-42/h5-30H,1-4H3. The number of pyridine rings is 4. The predicted molar refractivity (Wildman–Crippen MR) is 222 cm³/mol. The van der Waals surface area contributed by atoms with Crippen LogP contribution in [0.25, 0.3) is 22.3 Å². The van der Waals surface area contributed by atoms with E-state index >= 15 is 0 Å². The quantitative estimate of drug-likeness (QED) is 0.132. The molecule has 4 aromatic heterocycles. The summed E-state index contributed by atoms with van der Waals surface area (Å²) in [5, 5.41) is 0. The molecule has 3 aromatic carbocycles. The first-order valence-corrected chi connectivity index (χ1v) is 17.6. The van der Waals surface area contributed by atoms with Crippen LogP contribution < -0.4 is 0 Å². The van der Waals surface area contributed by atoms with Gasteiger partial charge < -0.3 is 0 Å². The molecule has 0 bridgehead atoms. The summed E-state index contributed by atoms with van der Waals surface area (Å²) >= 11 is 0. The third-order valence-corrected chi connectivity index (χ3v) is 8.38. The number of aromatic nitrogens is 4. The van der Waals surface area contributed by atoms with Crippen molar-refractivity contribution in [3.05, 3.63) is 179 Å². The van der Waals surface area contributed by atoms with Crippen molar-refractivity contribution in [1.29, 1.82) is 0 Å². The Kier molecular flexibility index (Phi) is 10.8. The minimum absolute atomic E-state index is 0.767. The van der Waals surface area contributed by atoms with Crippen LogP contribution in [0.1, 0.15) is 45.6 Å². The summed E-state index contributed by atoms with van der Waals surface area (Å²) in [4.78, 5) is 37.5. The van der Waals surface area contributed by atoms with Crippen molar-refractivity contribution in [1.82, 2.24) is 19.9 Å². The molecule has 0 aliphatic carbocycles. The summed E-state index contributed by atoms with van der Waals surface area (Å²) in [6.45, 7) is 7.88. The van der Waals surface area contributed by atoms with E-state index in [1.165, 1.54) is 0 Å². The van der Waals surface area contributed by atoms with Crippen molar-refractivity contribution >= 4 is 47.6 Å². The van der Waals surface area contributed by atoms with Gasteiger partial charge in [-0.15, -0.1) is 0 Å². The maximum Gasteiger partial charge on any atom is 0.0815 e. The monoisotopic (exact) mass is 702 g/mol. The van der Waals surface area contributed by atoms with Gasteiger partial charge in [0, 0.05) is 22.8 Å². The second-order valence-corrected chi connectivity index (χ2v) is 12.9. The van der Waals surface area contributed by atoms with E-state index in [0.717, 1.165) is 90.6 Å². The van der Waals surface area contributed by atoms with Gasteiger partial charge in [0.05, 0.1) is 70.4 Å². The molecule has 0 spiro atoms. The Hall–Kier alpha value is -7.06. The first kappa shape index (κ1) is 35.3. The van der Waals surface area contributed by atoms with Crippen molar-refractivity contribution in [3.63, 3.8) is 0 Å². The molecule has 0 atom stereocenters. The molecular weight excluding hydrogens is 665 g/mol. The summed E-state index contributed by atoms with van der Waals surface area (Å²) < 4.78 is 0. The molecule has 7 aromatic rings. The molecule has 0 N–H and O–H groups in total. The van der Waals surface area contributed by atoms with Crippen molar-refractivity contribution in [3.8, 4) is 22.3 Å². The Labute approximate surface area is 315 Å². The molecule has 8 nitrogen and oxygen atoms in total. The fourth-order valence-electron chi connectivity index (χ4n) is 5.78. The van der Waals surface area contributed by atoms with Crippen molar-refractivity contribution in [2.45, 2.75) is 27.7 Å². The van der Waals surface area contributed by atoms with Crippen LogP contribution in [0.5, 0.6) is 0 Å². The SMILES string of the molecule is Cc1cccc(C=Nc2cc(N=Cc3cccc(C)n3)cc(-c3ccc(-c4cc(N=Cc5cccc(C)n5)cc(N=Cc5cccc(C)n5)c4)cc3)c2)n1. The van der Waals surface area contributed by atoms with Crippen LogP contribution in [-0.2, 0) is 0 Å². The third kappa shape index (κ3) is 9.63. The lowest BCUT2D eigenvalue weighted by molar-refractivity contribution is 1.18. The number of hydrogen-bond donors (Lipinski definition) is 0. The zero-order valence-electron chi connectivity index (χ0n) is 30.6. The maximum atomic E-state index is 4.79. The molecule has 7 rings (SSSR count). The smallest absolute Gasteiger partial charge is 0.0815 e. The van der Waals surface area contributed by atoms with Crippen LogP contribution in [0.2, 0.25) is 0 Å². The Balaban J connectivity index is 1.23. The Morgan fingerprint density at radius 1 is 0.315 bits per heavy atom. The van der Waals surface area contributed by atoms with Crippen LogP contribution in [0.4, 0.5) is 22.7 Å². The normalized spacial score (nSPS) is 11.8. The minimum atomic E-state index is 0.767. The van der Waals surface area contributed by atoms with E-state index in [9.17, 15) is 0 Å². The van der Waals surface area contributed by atoms with Gasteiger partial charge in [-0.05, 0) is 135 Å². The van der Waals surface area contributed by atoms with E-state index in [0.29, 0.717) is 0 Å². The van der Waals surface area contributed by atoms with E-state index in [1.807, 2.05) is 113 Å². The van der Waals surface area contributed by atoms with Crippen LogP contribution in [0.15, 0.2) is 153 Å². The topological polar surface area (TPSA) is 101 Å². The lowest BCUT2D eigenvalue weighted by Gasteiger charge is -2.09. The highest BCUT2D eigenvalue weighted by atomic mass is 14.8. The van der Waals surface area contributed by atoms with Crippen LogP contribution in [0.3, 0.4) is 0 Å². The highest BCUT2D eigenvalue weighted by Gasteiger charge is 2.08. The molecular formula is C46H38N8. The number of nitrogens with zero attached hydrogens (tertiary/aromatic N) is 8. The van der Waals surface area contributed by atoms with E-state index in [1.54, 1.807) is 24.9 Å². The summed E-state index contributed by atoms with van der Waals surface area (Å²) in [6, 6.07) is 44.2. The van der Waals surface area contributed by atoms with Crippen LogP contribution >= 0.6 is 0 Å². The maximum absolute atomic E-state index is 4.79. The van der Waals surface area contributed by atoms with Gasteiger partial charge in [-0.1, -0.05) is 48.5 Å². The van der Waals surface area contributed by atoms with E-state index < -0.39 is 0 Å². The Bertz CT molecular complexity index is 2220. The largest absolute Gasteiger partial charge is 0.255 e. The van der Waals surface area contributed by atoms with Gasteiger partial charge in [0.2, 0.25) is 0 Å². The van der Waals surface area contributed by atoms with Gasteiger partial charge in [-0.25, -0.2) is 0 Å². The van der Waals surface area contributed by atoms with Gasteiger partial charge in [0.15, 0.2) is 0 Å². The van der Waals surface area contributed by atoms with Gasteiger partial charge in [0.1, 0.15) is 0 Å². The number of aryl methyl sites for hydroxylation is 4. The molecule has 0 fully saturated rings. The molecule has 0 aliphatic heterocycles. The lowest BCUT2D eigenvalue weighted by atomic mass is 9.99. The Morgan fingerprint density at radius 3 is 0.815 bits per heavy atom. The van der Waals surface area contributed by atoms with Crippen molar-refractivity contribution in [2.24, 2.45) is 20.0 Å². The predicted octanol–water partition coefficient (Wildman–Crippen LogP) is 10.8. The Morgan fingerprint density at radius 2 is 0.574 bits per heavy atom. The van der Waals surface area contributed by atoms with E-state index in [-0.39, 0.29) is 0 Å². The number of rotatable bonds is 10. The summed E-state index contributed by atoms with van der Waals surface area (Å²) in [5.74, 6) is 0. The molecule has 0 amide bonds. The van der Waals surface area contributed by atoms with Gasteiger partial charge >= 0.3 is 0 Å². The first-order chi connectivity index (χ1) is 26.3. The average Bonchev–Trinajstić information content (AvgIpc) is 3.18. The molecule has 0 saturated heterocycles. The molecule has 0 saturated carbocycles. The number of aliphatic imine (C=N–C) groups is 4. The molecule has 4 heterocycles. The molecule has 0 aliphatic rings. The molecule has 0 radical (unpaired) electrons. The number of hydrogen-bond acceptors (Lipinski definition) is 8. The number of benzene rings is 3.